The predicted molar refractivity (Wildman–Crippen MR) is 126 cm³/mol. The van der Waals surface area contributed by atoms with Crippen molar-refractivity contribution in [3.8, 4) is 5.75 Å². The topological polar surface area (TPSA) is 79.2 Å². The van der Waals surface area contributed by atoms with Gasteiger partial charge in [0.25, 0.3) is 0 Å². The number of aliphatic hydroxyl groups excluding tert-OH is 3. The van der Waals surface area contributed by atoms with Gasteiger partial charge in [-0.2, -0.15) is 0 Å². The van der Waals surface area contributed by atoms with E-state index in [-0.39, 0.29) is 13.0 Å². The fraction of sp³-hybridized carbons (Fsp3) is 0.556. The highest BCUT2D eigenvalue weighted by atomic mass is 35.5. The number of benzene rings is 2. The van der Waals surface area contributed by atoms with E-state index in [2.05, 4.69) is 26.0 Å². The Hall–Kier alpha value is -1.63. The average Bonchev–Trinajstić information content (AvgIpc) is 3.11. The Morgan fingerprint density at radius 2 is 1.73 bits per heavy atom. The van der Waals surface area contributed by atoms with E-state index < -0.39 is 24.4 Å². The minimum Gasteiger partial charge on any atom is -0.490 e. The Labute approximate surface area is 200 Å². The highest BCUT2D eigenvalue weighted by Crippen LogP contribution is 2.67. The smallest absolute Gasteiger partial charge is 0.119 e. The van der Waals surface area contributed by atoms with E-state index in [9.17, 15) is 15.3 Å². The van der Waals surface area contributed by atoms with Crippen LogP contribution in [0.1, 0.15) is 55.9 Å². The number of ether oxygens (including phenoxy) is 2. The Balaban J connectivity index is 1.23. The molecule has 6 heteroatoms. The molecule has 0 amide bonds. The second-order valence-corrected chi connectivity index (χ2v) is 11.0. The second kappa shape index (κ2) is 8.86. The average molecular weight is 473 g/mol. The van der Waals surface area contributed by atoms with Crippen LogP contribution in [0, 0.1) is 17.3 Å². The van der Waals surface area contributed by atoms with Crippen LogP contribution in [0.4, 0.5) is 0 Å². The maximum atomic E-state index is 10.2. The van der Waals surface area contributed by atoms with Gasteiger partial charge >= 0.3 is 0 Å². The molecule has 2 saturated carbocycles. The monoisotopic (exact) mass is 472 g/mol. The van der Waals surface area contributed by atoms with Gasteiger partial charge in [-0.25, -0.2) is 0 Å². The molecule has 2 aliphatic carbocycles. The van der Waals surface area contributed by atoms with Crippen molar-refractivity contribution in [1.82, 2.24) is 0 Å². The first kappa shape index (κ1) is 23.1. The third-order valence-corrected chi connectivity index (χ3v) is 8.50. The van der Waals surface area contributed by atoms with Gasteiger partial charge in [-0.1, -0.05) is 49.7 Å². The number of rotatable bonds is 6. The highest BCUT2D eigenvalue weighted by molar-refractivity contribution is 6.31. The SMILES string of the molecule is CC1(C)C2CC(Oc3ccc(Cc4cc(C5C[C@@H](O)[C@H](O)[C@@H](CO)O5)ccc4Cl)cc3)CC21. The predicted octanol–water partition coefficient (Wildman–Crippen LogP) is 4.29. The molecule has 0 spiro atoms. The van der Waals surface area contributed by atoms with Gasteiger partial charge in [-0.3, -0.25) is 0 Å². The van der Waals surface area contributed by atoms with Gasteiger partial charge in [-0.15, -0.1) is 0 Å². The summed E-state index contributed by atoms with van der Waals surface area (Å²) in [4.78, 5) is 0. The van der Waals surface area contributed by atoms with E-state index in [1.54, 1.807) is 0 Å². The fourth-order valence-corrected chi connectivity index (χ4v) is 6.08. The molecule has 3 fully saturated rings. The summed E-state index contributed by atoms with van der Waals surface area (Å²) in [5, 5.41) is 30.3. The minimum absolute atomic E-state index is 0.269. The van der Waals surface area contributed by atoms with E-state index in [1.165, 1.54) is 0 Å². The summed E-state index contributed by atoms with van der Waals surface area (Å²) in [6.07, 6.45) is 0.349. The lowest BCUT2D eigenvalue weighted by molar-refractivity contribution is -0.181. The Bertz CT molecular complexity index is 977. The lowest BCUT2D eigenvalue weighted by Crippen LogP contribution is -2.47. The van der Waals surface area contributed by atoms with Gasteiger partial charge < -0.3 is 24.8 Å². The van der Waals surface area contributed by atoms with Gasteiger partial charge in [0.2, 0.25) is 0 Å². The number of hydrogen-bond donors (Lipinski definition) is 3. The van der Waals surface area contributed by atoms with Crippen molar-refractivity contribution in [1.29, 1.82) is 0 Å². The second-order valence-electron chi connectivity index (χ2n) is 10.6. The first-order valence-electron chi connectivity index (χ1n) is 11.9. The van der Waals surface area contributed by atoms with Crippen molar-refractivity contribution in [3.05, 3.63) is 64.2 Å². The molecule has 0 bridgehead atoms. The molecule has 0 radical (unpaired) electrons. The van der Waals surface area contributed by atoms with Crippen molar-refractivity contribution in [2.75, 3.05) is 6.61 Å². The molecule has 1 aliphatic heterocycles. The van der Waals surface area contributed by atoms with Crippen molar-refractivity contribution in [3.63, 3.8) is 0 Å². The van der Waals surface area contributed by atoms with Crippen molar-refractivity contribution < 1.29 is 24.8 Å². The Morgan fingerprint density at radius 3 is 2.39 bits per heavy atom. The van der Waals surface area contributed by atoms with Gasteiger partial charge in [0.05, 0.1) is 24.9 Å². The standard InChI is InChI=1S/C27H33ClO5/c1-27(2)20-11-19(12-21(20)27)32-18-6-3-15(4-7-18)9-17-10-16(5-8-22(17)28)24-13-23(30)26(31)25(14-29)33-24/h3-8,10,19-21,23-26,29-31H,9,11-14H2,1-2H3/t19?,20?,21?,23-,24?,25-,26+/m1/s1. The Kier molecular flexibility index (Phi) is 6.21. The van der Waals surface area contributed by atoms with Crippen LogP contribution in [-0.4, -0.2) is 46.3 Å². The van der Waals surface area contributed by atoms with Crippen LogP contribution in [0.2, 0.25) is 5.02 Å². The summed E-state index contributed by atoms with van der Waals surface area (Å²) in [7, 11) is 0. The zero-order valence-electron chi connectivity index (χ0n) is 19.2. The number of hydrogen-bond acceptors (Lipinski definition) is 5. The normalized spacial score (nSPS) is 34.7. The molecule has 33 heavy (non-hydrogen) atoms. The molecule has 1 heterocycles. The maximum absolute atomic E-state index is 10.2. The molecule has 3 N–H and O–H groups in total. The quantitative estimate of drug-likeness (QED) is 0.584. The van der Waals surface area contributed by atoms with E-state index >= 15 is 0 Å². The molecule has 1 saturated heterocycles. The van der Waals surface area contributed by atoms with Crippen molar-refractivity contribution >= 4 is 11.6 Å². The highest BCUT2D eigenvalue weighted by Gasteiger charge is 2.62. The van der Waals surface area contributed by atoms with Crippen LogP contribution >= 0.6 is 11.6 Å². The summed E-state index contributed by atoms with van der Waals surface area (Å²) in [6.45, 7) is 4.39. The van der Waals surface area contributed by atoms with Crippen molar-refractivity contribution in [2.45, 2.75) is 70.1 Å². The first-order valence-corrected chi connectivity index (χ1v) is 12.3. The van der Waals surface area contributed by atoms with Crippen LogP contribution in [-0.2, 0) is 11.2 Å². The van der Waals surface area contributed by atoms with E-state index in [4.69, 9.17) is 21.1 Å². The van der Waals surface area contributed by atoms with Gasteiger partial charge in [0.1, 0.15) is 18.0 Å². The summed E-state index contributed by atoms with van der Waals surface area (Å²) in [5.41, 5.74) is 3.48. The fourth-order valence-electron chi connectivity index (χ4n) is 5.90. The van der Waals surface area contributed by atoms with Gasteiger partial charge in [0.15, 0.2) is 0 Å². The largest absolute Gasteiger partial charge is 0.490 e. The van der Waals surface area contributed by atoms with Gasteiger partial charge in [-0.05, 0) is 71.4 Å². The minimum atomic E-state index is -1.08. The lowest BCUT2D eigenvalue weighted by Gasteiger charge is -2.36. The number of fused-ring (bicyclic) bond motifs is 1. The molecule has 0 aromatic heterocycles. The third-order valence-electron chi connectivity index (χ3n) is 8.13. The summed E-state index contributed by atoms with van der Waals surface area (Å²) >= 11 is 6.48. The van der Waals surface area contributed by atoms with Crippen LogP contribution in [0.3, 0.4) is 0 Å². The molecule has 2 aromatic carbocycles. The Morgan fingerprint density at radius 1 is 1.03 bits per heavy atom. The van der Waals surface area contributed by atoms with Crippen molar-refractivity contribution in [2.24, 2.45) is 17.3 Å². The third kappa shape index (κ3) is 4.54. The lowest BCUT2D eigenvalue weighted by atomic mass is 9.92. The molecule has 6 atom stereocenters. The zero-order chi connectivity index (χ0) is 23.3. The molecule has 2 aromatic rings. The van der Waals surface area contributed by atoms with Gasteiger partial charge in [0, 0.05) is 11.4 Å². The molecule has 5 nitrogen and oxygen atoms in total. The molecule has 5 rings (SSSR count). The van der Waals surface area contributed by atoms with Crippen LogP contribution in [0.5, 0.6) is 5.75 Å². The van der Waals surface area contributed by atoms with Crippen LogP contribution < -0.4 is 4.74 Å². The van der Waals surface area contributed by atoms with E-state index in [0.717, 1.165) is 47.1 Å². The van der Waals surface area contributed by atoms with Crippen LogP contribution in [0.15, 0.2) is 42.5 Å². The first-order chi connectivity index (χ1) is 15.8. The van der Waals surface area contributed by atoms with Crippen LogP contribution in [0.25, 0.3) is 0 Å². The molecular formula is C27H33ClO5. The molecular weight excluding hydrogens is 440 g/mol. The summed E-state index contributed by atoms with van der Waals surface area (Å²) < 4.78 is 12.1. The van der Waals surface area contributed by atoms with E-state index in [1.807, 2.05) is 30.3 Å². The molecule has 3 aliphatic rings. The summed E-state index contributed by atoms with van der Waals surface area (Å²) in [6, 6.07) is 13.9. The summed E-state index contributed by atoms with van der Waals surface area (Å²) in [5.74, 6) is 2.56. The zero-order valence-corrected chi connectivity index (χ0v) is 19.9. The molecule has 3 unspecified atom stereocenters. The van der Waals surface area contributed by atoms with E-state index in [0.29, 0.717) is 23.0 Å². The maximum Gasteiger partial charge on any atom is 0.119 e. The molecule has 178 valence electrons. The number of aliphatic hydroxyl groups is 3. The number of halogens is 1.